The molecule has 2 aromatic carbocycles. The van der Waals surface area contributed by atoms with Crippen LogP contribution in [-0.4, -0.2) is 0 Å². The predicted octanol–water partition coefficient (Wildman–Crippen LogP) is 4.41. The highest BCUT2D eigenvalue weighted by molar-refractivity contribution is 9.10. The van der Waals surface area contributed by atoms with Gasteiger partial charge in [0.2, 0.25) is 0 Å². The predicted molar refractivity (Wildman–Crippen MR) is 86.7 cm³/mol. The highest BCUT2D eigenvalue weighted by atomic mass is 79.9. The van der Waals surface area contributed by atoms with Gasteiger partial charge in [-0.2, -0.15) is 0 Å². The summed E-state index contributed by atoms with van der Waals surface area (Å²) < 4.78 is 15.1. The van der Waals surface area contributed by atoms with E-state index in [4.69, 9.17) is 5.84 Å². The number of hydrazine groups is 1. The molecule has 2 nitrogen and oxygen atoms in total. The molecule has 20 heavy (non-hydrogen) atoms. The van der Waals surface area contributed by atoms with Crippen LogP contribution in [0.3, 0.4) is 0 Å². The van der Waals surface area contributed by atoms with Gasteiger partial charge in [-0.3, -0.25) is 11.3 Å². The molecule has 0 bridgehead atoms. The van der Waals surface area contributed by atoms with E-state index in [9.17, 15) is 4.39 Å². The van der Waals surface area contributed by atoms with Gasteiger partial charge in [-0.15, -0.1) is 0 Å². The molecule has 2 rings (SSSR count). The molecule has 0 aliphatic carbocycles. The number of hydrogen-bond acceptors (Lipinski definition) is 2. The number of benzene rings is 2. The lowest BCUT2D eigenvalue weighted by Gasteiger charge is -2.19. The topological polar surface area (TPSA) is 38.0 Å². The van der Waals surface area contributed by atoms with Crippen molar-refractivity contribution in [3.8, 4) is 0 Å². The second-order valence-corrected chi connectivity index (χ2v) is 6.20. The van der Waals surface area contributed by atoms with Gasteiger partial charge < -0.3 is 0 Å². The van der Waals surface area contributed by atoms with Gasteiger partial charge in [0.05, 0.1) is 10.5 Å². The van der Waals surface area contributed by atoms with Crippen LogP contribution in [0, 0.1) is 12.7 Å². The molecule has 0 aliphatic heterocycles. The van der Waals surface area contributed by atoms with Crippen LogP contribution >= 0.6 is 31.9 Å². The highest BCUT2D eigenvalue weighted by Crippen LogP contribution is 2.30. The van der Waals surface area contributed by atoms with Gasteiger partial charge >= 0.3 is 0 Å². The molecule has 0 radical (unpaired) electrons. The van der Waals surface area contributed by atoms with E-state index < -0.39 is 0 Å². The van der Waals surface area contributed by atoms with Crippen molar-refractivity contribution in [2.75, 3.05) is 0 Å². The summed E-state index contributed by atoms with van der Waals surface area (Å²) in [5.41, 5.74) is 5.88. The fourth-order valence-corrected chi connectivity index (χ4v) is 3.09. The lowest BCUT2D eigenvalue weighted by molar-refractivity contribution is 0.544. The number of halogens is 3. The Labute approximate surface area is 134 Å². The molecule has 2 aromatic rings. The Morgan fingerprint density at radius 3 is 2.55 bits per heavy atom. The fourth-order valence-electron chi connectivity index (χ4n) is 2.12. The summed E-state index contributed by atoms with van der Waals surface area (Å²) in [7, 11) is 0. The van der Waals surface area contributed by atoms with Gasteiger partial charge in [0, 0.05) is 4.47 Å². The Bertz CT molecular complexity index is 617. The summed E-state index contributed by atoms with van der Waals surface area (Å²) in [5.74, 6) is 5.42. The first-order valence-corrected chi connectivity index (χ1v) is 7.77. The summed E-state index contributed by atoms with van der Waals surface area (Å²) in [6.45, 7) is 2.03. The SMILES string of the molecule is Cc1cccc(C(Cc2cccc(F)c2Br)NN)c1Br. The van der Waals surface area contributed by atoms with E-state index >= 15 is 0 Å². The van der Waals surface area contributed by atoms with Gasteiger partial charge in [0.1, 0.15) is 5.82 Å². The summed E-state index contributed by atoms with van der Waals surface area (Å²) in [6, 6.07) is 11.0. The maximum absolute atomic E-state index is 13.6. The summed E-state index contributed by atoms with van der Waals surface area (Å²) in [6.07, 6.45) is 0.594. The second kappa shape index (κ2) is 6.80. The van der Waals surface area contributed by atoms with Crippen LogP contribution in [0.2, 0.25) is 0 Å². The quantitative estimate of drug-likeness (QED) is 0.588. The third kappa shape index (κ3) is 3.28. The standard InChI is InChI=1S/C15H15Br2FN2/c1-9-4-2-6-11(14(9)16)13(20-19)8-10-5-3-7-12(18)15(10)17/h2-7,13,20H,8,19H2,1H3. The van der Waals surface area contributed by atoms with E-state index in [2.05, 4.69) is 37.3 Å². The molecule has 1 atom stereocenters. The molecule has 0 saturated heterocycles. The fraction of sp³-hybridized carbons (Fsp3) is 0.200. The lowest BCUT2D eigenvalue weighted by atomic mass is 9.98. The van der Waals surface area contributed by atoms with Gasteiger partial charge in [-0.05, 0) is 52.0 Å². The van der Waals surface area contributed by atoms with Crippen molar-refractivity contribution in [1.82, 2.24) is 5.43 Å². The Kier molecular flexibility index (Phi) is 5.32. The van der Waals surface area contributed by atoms with Crippen molar-refractivity contribution in [1.29, 1.82) is 0 Å². The van der Waals surface area contributed by atoms with Crippen molar-refractivity contribution < 1.29 is 4.39 Å². The summed E-state index contributed by atoms with van der Waals surface area (Å²) in [5, 5.41) is 0. The van der Waals surface area contributed by atoms with Gasteiger partial charge in [-0.1, -0.05) is 46.3 Å². The van der Waals surface area contributed by atoms with Crippen molar-refractivity contribution >= 4 is 31.9 Å². The molecule has 0 amide bonds. The number of aryl methyl sites for hydroxylation is 1. The monoisotopic (exact) mass is 400 g/mol. The third-order valence-corrected chi connectivity index (χ3v) is 5.23. The Morgan fingerprint density at radius 1 is 1.15 bits per heavy atom. The van der Waals surface area contributed by atoms with Crippen molar-refractivity contribution in [3.63, 3.8) is 0 Å². The maximum Gasteiger partial charge on any atom is 0.137 e. The Hall–Kier alpha value is -0.750. The smallest absolute Gasteiger partial charge is 0.137 e. The van der Waals surface area contributed by atoms with E-state index in [-0.39, 0.29) is 11.9 Å². The molecule has 0 aliphatic rings. The van der Waals surface area contributed by atoms with E-state index in [1.807, 2.05) is 31.2 Å². The van der Waals surface area contributed by atoms with Crippen molar-refractivity contribution in [2.45, 2.75) is 19.4 Å². The minimum absolute atomic E-state index is 0.0950. The summed E-state index contributed by atoms with van der Waals surface area (Å²) >= 11 is 6.87. The average molecular weight is 402 g/mol. The van der Waals surface area contributed by atoms with Crippen LogP contribution in [0.25, 0.3) is 0 Å². The Morgan fingerprint density at radius 2 is 1.85 bits per heavy atom. The van der Waals surface area contributed by atoms with Crippen molar-refractivity contribution in [2.24, 2.45) is 5.84 Å². The summed E-state index contributed by atoms with van der Waals surface area (Å²) in [4.78, 5) is 0. The zero-order valence-corrected chi connectivity index (χ0v) is 14.1. The molecule has 3 N–H and O–H groups in total. The molecule has 0 aromatic heterocycles. The molecule has 5 heteroatoms. The van der Waals surface area contributed by atoms with Crippen molar-refractivity contribution in [3.05, 3.63) is 67.9 Å². The van der Waals surface area contributed by atoms with Gasteiger partial charge in [0.25, 0.3) is 0 Å². The first-order valence-electron chi connectivity index (χ1n) is 6.18. The van der Waals surface area contributed by atoms with E-state index in [0.717, 1.165) is 21.2 Å². The minimum atomic E-state index is -0.262. The molecule has 0 heterocycles. The normalized spacial score (nSPS) is 12.4. The third-order valence-electron chi connectivity index (χ3n) is 3.25. The molecule has 0 saturated carbocycles. The van der Waals surface area contributed by atoms with Crippen LogP contribution in [-0.2, 0) is 6.42 Å². The van der Waals surface area contributed by atoms with Crippen LogP contribution in [0.15, 0.2) is 45.3 Å². The van der Waals surface area contributed by atoms with E-state index in [0.29, 0.717) is 10.9 Å². The lowest BCUT2D eigenvalue weighted by Crippen LogP contribution is -2.30. The van der Waals surface area contributed by atoms with Gasteiger partial charge in [0.15, 0.2) is 0 Å². The second-order valence-electron chi connectivity index (χ2n) is 4.61. The van der Waals surface area contributed by atoms with Crippen LogP contribution in [0.4, 0.5) is 4.39 Å². The highest BCUT2D eigenvalue weighted by Gasteiger charge is 2.17. The molecule has 0 fully saturated rings. The molecule has 106 valence electrons. The van der Waals surface area contributed by atoms with Crippen LogP contribution in [0.5, 0.6) is 0 Å². The van der Waals surface area contributed by atoms with Gasteiger partial charge in [-0.25, -0.2) is 4.39 Å². The largest absolute Gasteiger partial charge is 0.271 e. The molecule has 0 spiro atoms. The first-order chi connectivity index (χ1) is 9.54. The number of rotatable bonds is 4. The molecule has 1 unspecified atom stereocenters. The molecular formula is C15H15Br2FN2. The minimum Gasteiger partial charge on any atom is -0.271 e. The maximum atomic E-state index is 13.6. The number of nitrogens with one attached hydrogen (secondary N) is 1. The van der Waals surface area contributed by atoms with E-state index in [1.54, 1.807) is 6.07 Å². The average Bonchev–Trinajstić information content (AvgIpc) is 2.44. The zero-order chi connectivity index (χ0) is 14.7. The number of nitrogens with two attached hydrogens (primary N) is 1. The molecular weight excluding hydrogens is 387 g/mol. The first kappa shape index (κ1) is 15.6. The Balaban J connectivity index is 2.34. The zero-order valence-electron chi connectivity index (χ0n) is 11.0. The number of hydrogen-bond donors (Lipinski definition) is 2. The van der Waals surface area contributed by atoms with Crippen LogP contribution in [0.1, 0.15) is 22.7 Å². The van der Waals surface area contributed by atoms with E-state index in [1.165, 1.54) is 6.07 Å². The van der Waals surface area contributed by atoms with Crippen LogP contribution < -0.4 is 11.3 Å².